The number of carboxylic acids is 1. The lowest BCUT2D eigenvalue weighted by atomic mass is 10.0. The molecule has 0 radical (unpaired) electrons. The molecule has 0 aliphatic heterocycles. The van der Waals surface area contributed by atoms with Crippen LogP contribution in [0.25, 0.3) is 0 Å². The second-order valence-corrected chi connectivity index (χ2v) is 6.44. The molecule has 0 aromatic heterocycles. The second kappa shape index (κ2) is 7.99. The number of nitrogens with one attached hydrogen (secondary N) is 1. The van der Waals surface area contributed by atoms with Gasteiger partial charge in [0.25, 0.3) is 0 Å². The molecular weight excluding hydrogens is 337 g/mol. The van der Waals surface area contributed by atoms with Crippen molar-refractivity contribution in [1.82, 2.24) is 0 Å². The highest BCUT2D eigenvalue weighted by Crippen LogP contribution is 2.32. The van der Waals surface area contributed by atoms with Gasteiger partial charge in [-0.15, -0.1) is 0 Å². The summed E-state index contributed by atoms with van der Waals surface area (Å²) < 4.78 is 19.1. The third-order valence-corrected chi connectivity index (χ3v) is 4.63. The fourth-order valence-electron chi connectivity index (χ4n) is 3.10. The number of rotatable bonds is 6. The molecule has 1 saturated carbocycles. The number of carbonyl (C=O) groups is 2. The first-order valence-corrected chi connectivity index (χ1v) is 8.53. The minimum absolute atomic E-state index is 0.122. The molecule has 0 unspecified atom stereocenters. The van der Waals surface area contributed by atoms with E-state index in [1.54, 1.807) is 42.5 Å². The van der Waals surface area contributed by atoms with Gasteiger partial charge in [-0.05, 0) is 49.6 Å². The van der Waals surface area contributed by atoms with Gasteiger partial charge in [0.15, 0.2) is 0 Å². The van der Waals surface area contributed by atoms with E-state index in [1.807, 2.05) is 0 Å². The van der Waals surface area contributed by atoms with E-state index in [0.29, 0.717) is 36.3 Å². The number of anilines is 1. The van der Waals surface area contributed by atoms with E-state index in [1.165, 1.54) is 6.07 Å². The smallest absolute Gasteiger partial charge is 0.306 e. The highest BCUT2D eigenvalue weighted by atomic mass is 19.1. The highest BCUT2D eigenvalue weighted by molar-refractivity contribution is 5.93. The normalized spacial score (nSPS) is 19.1. The van der Waals surface area contributed by atoms with Crippen LogP contribution in [-0.2, 0) is 16.2 Å². The first kappa shape index (κ1) is 17.9. The maximum absolute atomic E-state index is 13.6. The van der Waals surface area contributed by atoms with E-state index in [0.717, 1.165) is 0 Å². The maximum atomic E-state index is 13.6. The van der Waals surface area contributed by atoms with Crippen molar-refractivity contribution in [2.75, 3.05) is 5.32 Å². The predicted octanol–water partition coefficient (Wildman–Crippen LogP) is 3.84. The summed E-state index contributed by atoms with van der Waals surface area (Å²) in [4.78, 5) is 23.2. The number of hydrogen-bond acceptors (Lipinski definition) is 3. The topological polar surface area (TPSA) is 75.6 Å². The van der Waals surface area contributed by atoms with Gasteiger partial charge in [-0.3, -0.25) is 9.59 Å². The van der Waals surface area contributed by atoms with Gasteiger partial charge in [0.1, 0.15) is 18.2 Å². The molecule has 2 atom stereocenters. The van der Waals surface area contributed by atoms with Crippen LogP contribution in [0.5, 0.6) is 5.75 Å². The van der Waals surface area contributed by atoms with Crippen molar-refractivity contribution in [3.63, 3.8) is 0 Å². The van der Waals surface area contributed by atoms with E-state index >= 15 is 0 Å². The summed E-state index contributed by atoms with van der Waals surface area (Å²) >= 11 is 0. The number of ether oxygens (including phenoxy) is 1. The van der Waals surface area contributed by atoms with Crippen LogP contribution in [0.15, 0.2) is 48.5 Å². The standard InChI is InChI=1S/C20H20FNO4/c21-18-4-2-1-3-15(18)12-26-17-9-7-16(8-10-17)22-19(23)13-5-6-14(11-13)20(24)25/h1-4,7-10,13-14H,5-6,11-12H2,(H,22,23)(H,24,25)/t13-,14+/m0/s1. The Balaban J connectivity index is 1.52. The first-order valence-electron chi connectivity index (χ1n) is 8.53. The average molecular weight is 357 g/mol. The summed E-state index contributed by atoms with van der Waals surface area (Å²) in [5.74, 6) is -1.44. The van der Waals surface area contributed by atoms with Crippen LogP contribution in [0.2, 0.25) is 0 Å². The first-order chi connectivity index (χ1) is 12.5. The molecular formula is C20H20FNO4. The van der Waals surface area contributed by atoms with Crippen LogP contribution in [0.4, 0.5) is 10.1 Å². The number of halogens is 1. The molecule has 0 saturated heterocycles. The monoisotopic (exact) mass is 357 g/mol. The number of benzene rings is 2. The number of carbonyl (C=O) groups excluding carboxylic acids is 1. The quantitative estimate of drug-likeness (QED) is 0.823. The number of aliphatic carboxylic acids is 1. The van der Waals surface area contributed by atoms with Crippen molar-refractivity contribution < 1.29 is 23.8 Å². The minimum Gasteiger partial charge on any atom is -0.489 e. The predicted molar refractivity (Wildman–Crippen MR) is 94.3 cm³/mol. The molecule has 2 N–H and O–H groups in total. The Morgan fingerprint density at radius 1 is 1.08 bits per heavy atom. The van der Waals surface area contributed by atoms with Gasteiger partial charge in [0.2, 0.25) is 5.91 Å². The van der Waals surface area contributed by atoms with Crippen molar-refractivity contribution in [2.24, 2.45) is 11.8 Å². The lowest BCUT2D eigenvalue weighted by Gasteiger charge is -2.12. The molecule has 1 fully saturated rings. The van der Waals surface area contributed by atoms with Crippen molar-refractivity contribution in [3.8, 4) is 5.75 Å². The Morgan fingerprint density at radius 2 is 1.77 bits per heavy atom. The Morgan fingerprint density at radius 3 is 2.42 bits per heavy atom. The van der Waals surface area contributed by atoms with Gasteiger partial charge in [-0.1, -0.05) is 18.2 Å². The van der Waals surface area contributed by atoms with Crippen LogP contribution in [-0.4, -0.2) is 17.0 Å². The summed E-state index contributed by atoms with van der Waals surface area (Å²) in [6, 6.07) is 13.2. The van der Waals surface area contributed by atoms with Gasteiger partial charge < -0.3 is 15.2 Å². The van der Waals surface area contributed by atoms with E-state index in [4.69, 9.17) is 9.84 Å². The molecule has 1 aliphatic carbocycles. The second-order valence-electron chi connectivity index (χ2n) is 6.44. The lowest BCUT2D eigenvalue weighted by molar-refractivity contribution is -0.141. The minimum atomic E-state index is -0.836. The zero-order chi connectivity index (χ0) is 18.5. The molecule has 3 rings (SSSR count). The Hall–Kier alpha value is -2.89. The number of hydrogen-bond donors (Lipinski definition) is 2. The molecule has 1 amide bonds. The third-order valence-electron chi connectivity index (χ3n) is 4.63. The van der Waals surface area contributed by atoms with Crippen LogP contribution < -0.4 is 10.1 Å². The van der Waals surface area contributed by atoms with Crippen LogP contribution in [0.3, 0.4) is 0 Å². The van der Waals surface area contributed by atoms with Crippen molar-refractivity contribution in [3.05, 3.63) is 59.9 Å². The molecule has 2 aromatic carbocycles. The average Bonchev–Trinajstić information content (AvgIpc) is 3.13. The third kappa shape index (κ3) is 4.39. The zero-order valence-corrected chi connectivity index (χ0v) is 14.2. The molecule has 26 heavy (non-hydrogen) atoms. The lowest BCUT2D eigenvalue weighted by Crippen LogP contribution is -2.21. The SMILES string of the molecule is O=C(O)[C@@H]1CC[C@H](C(=O)Nc2ccc(OCc3ccccc3F)cc2)C1. The summed E-state index contributed by atoms with van der Waals surface area (Å²) in [5, 5.41) is 11.8. The van der Waals surface area contributed by atoms with E-state index in [-0.39, 0.29) is 24.2 Å². The molecule has 0 spiro atoms. The van der Waals surface area contributed by atoms with Crippen LogP contribution in [0, 0.1) is 17.7 Å². The van der Waals surface area contributed by atoms with Gasteiger partial charge in [-0.25, -0.2) is 4.39 Å². The van der Waals surface area contributed by atoms with Crippen LogP contribution >= 0.6 is 0 Å². The summed E-state index contributed by atoms with van der Waals surface area (Å²) in [5.41, 5.74) is 1.09. The largest absolute Gasteiger partial charge is 0.489 e. The molecule has 0 heterocycles. The molecule has 1 aliphatic rings. The Kier molecular flexibility index (Phi) is 5.51. The van der Waals surface area contributed by atoms with Crippen molar-refractivity contribution in [1.29, 1.82) is 0 Å². The Bertz CT molecular complexity index is 791. The van der Waals surface area contributed by atoms with Crippen molar-refractivity contribution in [2.45, 2.75) is 25.9 Å². The highest BCUT2D eigenvalue weighted by Gasteiger charge is 2.33. The van der Waals surface area contributed by atoms with E-state index in [2.05, 4.69) is 5.32 Å². The van der Waals surface area contributed by atoms with Gasteiger partial charge in [-0.2, -0.15) is 0 Å². The number of amides is 1. The fraction of sp³-hybridized carbons (Fsp3) is 0.300. The number of carboxylic acid groups (broad SMARTS) is 1. The van der Waals surface area contributed by atoms with Gasteiger partial charge in [0.05, 0.1) is 5.92 Å². The molecule has 6 heteroatoms. The summed E-state index contributed by atoms with van der Waals surface area (Å²) in [6.45, 7) is 0.122. The van der Waals surface area contributed by atoms with E-state index < -0.39 is 11.9 Å². The molecule has 2 aromatic rings. The van der Waals surface area contributed by atoms with Crippen molar-refractivity contribution >= 4 is 17.6 Å². The van der Waals surface area contributed by atoms with Crippen LogP contribution in [0.1, 0.15) is 24.8 Å². The molecule has 5 nitrogen and oxygen atoms in total. The van der Waals surface area contributed by atoms with Gasteiger partial charge in [0, 0.05) is 17.2 Å². The van der Waals surface area contributed by atoms with Gasteiger partial charge >= 0.3 is 5.97 Å². The molecule has 136 valence electrons. The maximum Gasteiger partial charge on any atom is 0.306 e. The zero-order valence-electron chi connectivity index (χ0n) is 14.2. The Labute approximate surface area is 150 Å². The fourth-order valence-corrected chi connectivity index (χ4v) is 3.10. The molecule has 0 bridgehead atoms. The summed E-state index contributed by atoms with van der Waals surface area (Å²) in [6.07, 6.45) is 1.51. The van der Waals surface area contributed by atoms with E-state index in [9.17, 15) is 14.0 Å². The summed E-state index contributed by atoms with van der Waals surface area (Å²) in [7, 11) is 0.